The first-order chi connectivity index (χ1) is 8.11. The zero-order chi connectivity index (χ0) is 12.4. The van der Waals surface area contributed by atoms with Crippen LogP contribution in [0.25, 0.3) is 0 Å². The molecule has 2 N–H and O–H groups in total. The summed E-state index contributed by atoms with van der Waals surface area (Å²) in [5.41, 5.74) is 6.06. The van der Waals surface area contributed by atoms with Gasteiger partial charge < -0.3 is 5.73 Å². The lowest BCUT2D eigenvalue weighted by atomic mass is 10.1. The predicted octanol–water partition coefficient (Wildman–Crippen LogP) is 2.03. The van der Waals surface area contributed by atoms with Crippen LogP contribution in [0.4, 0.5) is 13.2 Å². The van der Waals surface area contributed by atoms with E-state index in [1.165, 1.54) is 0 Å². The Bertz CT molecular complexity index is 386. The van der Waals surface area contributed by atoms with Crippen LogP contribution in [-0.4, -0.2) is 24.0 Å². The number of likely N-dealkylation sites (tertiary alicyclic amines) is 1. The molecular formula is C12H15F3N2. The Balaban J connectivity index is 2.13. The number of halogens is 3. The normalized spacial score (nSPS) is 21.1. The van der Waals surface area contributed by atoms with E-state index in [2.05, 4.69) is 4.90 Å². The highest BCUT2D eigenvalue weighted by atomic mass is 19.2. The minimum Gasteiger partial charge on any atom is -0.329 e. The van der Waals surface area contributed by atoms with Gasteiger partial charge in [0.05, 0.1) is 0 Å². The summed E-state index contributed by atoms with van der Waals surface area (Å²) in [6.07, 6.45) is 2.04. The Labute approximate surface area is 98.2 Å². The van der Waals surface area contributed by atoms with E-state index < -0.39 is 17.5 Å². The second-order valence-electron chi connectivity index (χ2n) is 4.38. The number of nitrogens with zero attached hydrogens (tertiary/aromatic N) is 1. The van der Waals surface area contributed by atoms with E-state index in [9.17, 15) is 13.2 Å². The predicted molar refractivity (Wildman–Crippen MR) is 58.8 cm³/mol. The van der Waals surface area contributed by atoms with Gasteiger partial charge in [-0.1, -0.05) is 0 Å². The quantitative estimate of drug-likeness (QED) is 0.824. The largest absolute Gasteiger partial charge is 0.329 e. The van der Waals surface area contributed by atoms with E-state index in [1.807, 2.05) is 0 Å². The van der Waals surface area contributed by atoms with Crippen LogP contribution in [0, 0.1) is 17.5 Å². The highest BCUT2D eigenvalue weighted by Gasteiger charge is 2.23. The lowest BCUT2D eigenvalue weighted by molar-refractivity contribution is 0.249. The molecule has 1 fully saturated rings. The molecule has 2 rings (SSSR count). The average molecular weight is 244 g/mol. The minimum atomic E-state index is -1.41. The Hall–Kier alpha value is -1.07. The molecule has 2 nitrogen and oxygen atoms in total. The van der Waals surface area contributed by atoms with E-state index in [0.29, 0.717) is 18.7 Å². The highest BCUT2D eigenvalue weighted by Crippen LogP contribution is 2.21. The van der Waals surface area contributed by atoms with Gasteiger partial charge in [0, 0.05) is 19.1 Å². The Kier molecular flexibility index (Phi) is 3.69. The summed E-state index contributed by atoms with van der Waals surface area (Å²) in [4.78, 5) is 2.08. The number of hydrogen-bond acceptors (Lipinski definition) is 2. The molecule has 1 aromatic carbocycles. The Morgan fingerprint density at radius 3 is 2.47 bits per heavy atom. The summed E-state index contributed by atoms with van der Waals surface area (Å²) < 4.78 is 38.9. The third-order valence-electron chi connectivity index (χ3n) is 3.20. The van der Waals surface area contributed by atoms with Crippen molar-refractivity contribution >= 4 is 0 Å². The molecule has 1 aromatic rings. The van der Waals surface area contributed by atoms with Crippen LogP contribution in [0.5, 0.6) is 0 Å². The van der Waals surface area contributed by atoms with Gasteiger partial charge in [0.15, 0.2) is 17.5 Å². The lowest BCUT2D eigenvalue weighted by Crippen LogP contribution is -2.34. The van der Waals surface area contributed by atoms with Gasteiger partial charge in [-0.3, -0.25) is 4.90 Å². The molecule has 1 heterocycles. The van der Waals surface area contributed by atoms with Gasteiger partial charge in [0.2, 0.25) is 0 Å². The van der Waals surface area contributed by atoms with Gasteiger partial charge >= 0.3 is 0 Å². The second kappa shape index (κ2) is 5.06. The summed E-state index contributed by atoms with van der Waals surface area (Å²) in [7, 11) is 0. The van der Waals surface area contributed by atoms with E-state index in [0.717, 1.165) is 31.5 Å². The van der Waals surface area contributed by atoms with Gasteiger partial charge in [0.1, 0.15) is 0 Å². The number of rotatable bonds is 3. The molecule has 1 saturated heterocycles. The van der Waals surface area contributed by atoms with Crippen LogP contribution in [0.2, 0.25) is 0 Å². The van der Waals surface area contributed by atoms with Crippen molar-refractivity contribution < 1.29 is 13.2 Å². The standard InChI is InChI=1S/C12H15F3N2/c13-10-4-8(5-11(14)12(10)15)7-17-3-1-2-9(17)6-16/h4-5,9H,1-3,6-7,16H2. The lowest BCUT2D eigenvalue weighted by Gasteiger charge is -2.23. The Morgan fingerprint density at radius 2 is 1.88 bits per heavy atom. The smallest absolute Gasteiger partial charge is 0.194 e. The van der Waals surface area contributed by atoms with E-state index in [1.54, 1.807) is 0 Å². The fourth-order valence-electron chi connectivity index (χ4n) is 2.30. The van der Waals surface area contributed by atoms with Crippen LogP contribution in [0.3, 0.4) is 0 Å². The van der Waals surface area contributed by atoms with Crippen molar-refractivity contribution in [2.24, 2.45) is 5.73 Å². The first kappa shape index (κ1) is 12.4. The maximum Gasteiger partial charge on any atom is 0.194 e. The summed E-state index contributed by atoms with van der Waals surface area (Å²) in [6.45, 7) is 1.81. The maximum atomic E-state index is 13.0. The first-order valence-corrected chi connectivity index (χ1v) is 5.69. The molecule has 17 heavy (non-hydrogen) atoms. The molecule has 0 bridgehead atoms. The minimum absolute atomic E-state index is 0.256. The first-order valence-electron chi connectivity index (χ1n) is 5.69. The van der Waals surface area contributed by atoms with Gasteiger partial charge in [0.25, 0.3) is 0 Å². The topological polar surface area (TPSA) is 29.3 Å². The van der Waals surface area contributed by atoms with Crippen LogP contribution in [0.1, 0.15) is 18.4 Å². The van der Waals surface area contributed by atoms with Crippen LogP contribution in [-0.2, 0) is 6.54 Å². The summed E-state index contributed by atoms with van der Waals surface area (Å²) in [5, 5.41) is 0. The maximum absolute atomic E-state index is 13.0. The van der Waals surface area contributed by atoms with Crippen molar-refractivity contribution in [3.63, 3.8) is 0 Å². The van der Waals surface area contributed by atoms with Gasteiger partial charge in [-0.05, 0) is 37.1 Å². The van der Waals surface area contributed by atoms with Crippen molar-refractivity contribution in [1.29, 1.82) is 0 Å². The molecular weight excluding hydrogens is 229 g/mol. The zero-order valence-corrected chi connectivity index (χ0v) is 9.43. The van der Waals surface area contributed by atoms with Crippen LogP contribution >= 0.6 is 0 Å². The molecule has 5 heteroatoms. The van der Waals surface area contributed by atoms with Gasteiger partial charge in [-0.2, -0.15) is 0 Å². The number of benzene rings is 1. The zero-order valence-electron chi connectivity index (χ0n) is 9.43. The van der Waals surface area contributed by atoms with Crippen LogP contribution in [0.15, 0.2) is 12.1 Å². The molecule has 0 amide bonds. The van der Waals surface area contributed by atoms with Crippen molar-refractivity contribution in [3.05, 3.63) is 35.1 Å². The van der Waals surface area contributed by atoms with E-state index in [-0.39, 0.29) is 6.04 Å². The van der Waals surface area contributed by atoms with Crippen molar-refractivity contribution in [1.82, 2.24) is 4.90 Å². The van der Waals surface area contributed by atoms with Crippen molar-refractivity contribution in [2.45, 2.75) is 25.4 Å². The van der Waals surface area contributed by atoms with Gasteiger partial charge in [-0.15, -0.1) is 0 Å². The molecule has 1 atom stereocenters. The summed E-state index contributed by atoms with van der Waals surface area (Å²) in [5.74, 6) is -3.68. The van der Waals surface area contributed by atoms with E-state index in [4.69, 9.17) is 5.73 Å². The summed E-state index contributed by atoms with van der Waals surface area (Å²) in [6, 6.07) is 2.35. The van der Waals surface area contributed by atoms with Crippen LogP contribution < -0.4 is 5.73 Å². The fraction of sp³-hybridized carbons (Fsp3) is 0.500. The molecule has 1 aliphatic heterocycles. The summed E-state index contributed by atoms with van der Waals surface area (Å²) >= 11 is 0. The fourth-order valence-corrected chi connectivity index (χ4v) is 2.30. The monoisotopic (exact) mass is 244 g/mol. The Morgan fingerprint density at radius 1 is 1.24 bits per heavy atom. The third kappa shape index (κ3) is 2.61. The molecule has 0 saturated carbocycles. The molecule has 0 aliphatic carbocycles. The SMILES string of the molecule is NCC1CCCN1Cc1cc(F)c(F)c(F)c1. The van der Waals surface area contributed by atoms with Gasteiger partial charge in [-0.25, -0.2) is 13.2 Å². The molecule has 1 unspecified atom stereocenters. The van der Waals surface area contributed by atoms with Crippen molar-refractivity contribution in [2.75, 3.05) is 13.1 Å². The number of nitrogens with two attached hydrogens (primary N) is 1. The third-order valence-corrected chi connectivity index (χ3v) is 3.20. The molecule has 0 aromatic heterocycles. The average Bonchev–Trinajstić information content (AvgIpc) is 2.73. The molecule has 0 radical (unpaired) electrons. The molecule has 1 aliphatic rings. The van der Waals surface area contributed by atoms with E-state index >= 15 is 0 Å². The molecule has 94 valence electrons. The molecule has 0 spiro atoms. The number of hydrogen-bond donors (Lipinski definition) is 1. The second-order valence-corrected chi connectivity index (χ2v) is 4.38. The highest BCUT2D eigenvalue weighted by molar-refractivity contribution is 5.19. The van der Waals surface area contributed by atoms with Crippen molar-refractivity contribution in [3.8, 4) is 0 Å².